The fourth-order valence-electron chi connectivity index (χ4n) is 3.16. The third-order valence-corrected chi connectivity index (χ3v) is 6.16. The summed E-state index contributed by atoms with van der Waals surface area (Å²) in [6.45, 7) is 7.69. The van der Waals surface area contributed by atoms with Crippen LogP contribution in [0, 0.1) is 5.92 Å². The Hall–Kier alpha value is -1.04. The molecule has 1 aromatic rings. The highest BCUT2D eigenvalue weighted by atomic mass is 32.2. The second kappa shape index (κ2) is 6.22. The maximum atomic E-state index is 12.3. The Morgan fingerprint density at radius 3 is 2.64 bits per heavy atom. The molecule has 1 amide bonds. The Labute approximate surface area is 137 Å². The lowest BCUT2D eigenvalue weighted by atomic mass is 9.99. The van der Waals surface area contributed by atoms with Crippen molar-refractivity contribution in [2.45, 2.75) is 31.3 Å². The maximum absolute atomic E-state index is 12.3. The van der Waals surface area contributed by atoms with Gasteiger partial charge in [0.05, 0.1) is 19.1 Å². The molecule has 0 bridgehead atoms. The van der Waals surface area contributed by atoms with E-state index in [1.165, 1.54) is 5.56 Å². The van der Waals surface area contributed by atoms with E-state index >= 15 is 0 Å². The van der Waals surface area contributed by atoms with Gasteiger partial charge in [0, 0.05) is 18.8 Å². The number of rotatable bonds is 4. The van der Waals surface area contributed by atoms with E-state index < -0.39 is 0 Å². The molecule has 2 aliphatic rings. The highest BCUT2D eigenvalue weighted by molar-refractivity contribution is 8.01. The molecule has 22 heavy (non-hydrogen) atoms. The minimum atomic E-state index is -0.369. The number of carbonyl (C=O) groups is 1. The first kappa shape index (κ1) is 15.8. The average molecular weight is 319 g/mol. The molecule has 0 unspecified atom stereocenters. The lowest BCUT2D eigenvalue weighted by Crippen LogP contribution is -2.69. The molecular weight excluding hydrogens is 294 g/mol. The second-order valence-corrected chi connectivity index (χ2v) is 8.12. The number of benzene rings is 1. The van der Waals surface area contributed by atoms with Crippen molar-refractivity contribution in [1.29, 1.82) is 0 Å². The van der Waals surface area contributed by atoms with Crippen LogP contribution in [-0.2, 0) is 11.3 Å². The third kappa shape index (κ3) is 2.90. The Kier molecular flexibility index (Phi) is 4.48. The van der Waals surface area contributed by atoms with E-state index in [-0.39, 0.29) is 22.7 Å². The lowest BCUT2D eigenvalue weighted by Gasteiger charge is -2.52. The van der Waals surface area contributed by atoms with Crippen LogP contribution in [0.15, 0.2) is 30.3 Å². The summed E-state index contributed by atoms with van der Waals surface area (Å²) in [5.41, 5.74) is 7.34. The minimum Gasteiger partial charge on any atom is -0.336 e. The first-order valence-corrected chi connectivity index (χ1v) is 8.98. The van der Waals surface area contributed by atoms with E-state index in [1.54, 1.807) is 0 Å². The van der Waals surface area contributed by atoms with E-state index in [0.29, 0.717) is 0 Å². The standard InChI is InChI=1S/C17H25N3OS/c1-13(2)15(18)16(21)19-11-17(12-19)20(8-9-22-17)10-14-6-4-3-5-7-14/h3-7,13,15H,8-12,18H2,1-2H3/t15-/m0/s1. The molecule has 0 saturated carbocycles. The molecule has 5 heteroatoms. The van der Waals surface area contributed by atoms with Crippen LogP contribution in [0.2, 0.25) is 0 Å². The number of carbonyl (C=O) groups excluding carboxylic acids is 1. The van der Waals surface area contributed by atoms with Crippen molar-refractivity contribution in [1.82, 2.24) is 9.80 Å². The highest BCUT2D eigenvalue weighted by Gasteiger charge is 2.53. The lowest BCUT2D eigenvalue weighted by molar-refractivity contribution is -0.142. The highest BCUT2D eigenvalue weighted by Crippen LogP contribution is 2.44. The first-order valence-electron chi connectivity index (χ1n) is 7.99. The van der Waals surface area contributed by atoms with Crippen LogP contribution in [0.4, 0.5) is 0 Å². The van der Waals surface area contributed by atoms with Gasteiger partial charge in [-0.15, -0.1) is 11.8 Å². The van der Waals surface area contributed by atoms with Gasteiger partial charge in [-0.25, -0.2) is 0 Å². The molecule has 2 N–H and O–H groups in total. The van der Waals surface area contributed by atoms with Crippen LogP contribution in [-0.4, -0.2) is 52.0 Å². The molecule has 2 aliphatic heterocycles. The zero-order chi connectivity index (χ0) is 15.7. The van der Waals surface area contributed by atoms with E-state index in [4.69, 9.17) is 5.73 Å². The molecule has 120 valence electrons. The molecular formula is C17H25N3OS. The van der Waals surface area contributed by atoms with Gasteiger partial charge < -0.3 is 10.6 Å². The monoisotopic (exact) mass is 319 g/mol. The molecule has 0 aliphatic carbocycles. The number of likely N-dealkylation sites (tertiary alicyclic amines) is 1. The molecule has 1 spiro atoms. The van der Waals surface area contributed by atoms with Crippen molar-refractivity contribution in [3.8, 4) is 0 Å². The van der Waals surface area contributed by atoms with Crippen molar-refractivity contribution in [3.63, 3.8) is 0 Å². The fourth-order valence-corrected chi connectivity index (χ4v) is 4.69. The summed E-state index contributed by atoms with van der Waals surface area (Å²) in [5.74, 6) is 1.44. The molecule has 3 rings (SSSR count). The molecule has 0 aromatic heterocycles. The van der Waals surface area contributed by atoms with Gasteiger partial charge in [-0.1, -0.05) is 44.2 Å². The van der Waals surface area contributed by atoms with E-state index in [0.717, 1.165) is 31.9 Å². The third-order valence-electron chi connectivity index (χ3n) is 4.72. The van der Waals surface area contributed by atoms with Crippen molar-refractivity contribution in [2.75, 3.05) is 25.4 Å². The fraction of sp³-hybridized carbons (Fsp3) is 0.588. The van der Waals surface area contributed by atoms with Gasteiger partial charge in [-0.3, -0.25) is 9.69 Å². The number of amides is 1. The summed E-state index contributed by atoms with van der Waals surface area (Å²) < 4.78 is 0. The quantitative estimate of drug-likeness (QED) is 0.919. The Bertz CT molecular complexity index is 528. The summed E-state index contributed by atoms with van der Waals surface area (Å²) in [6.07, 6.45) is 0. The summed E-state index contributed by atoms with van der Waals surface area (Å²) in [5, 5.41) is 0. The largest absolute Gasteiger partial charge is 0.336 e. The van der Waals surface area contributed by atoms with Crippen LogP contribution >= 0.6 is 11.8 Å². The number of nitrogens with zero attached hydrogens (tertiary/aromatic N) is 2. The molecule has 0 radical (unpaired) electrons. The number of nitrogens with two attached hydrogens (primary N) is 1. The van der Waals surface area contributed by atoms with Gasteiger partial charge in [0.15, 0.2) is 0 Å². The van der Waals surface area contributed by atoms with Crippen LogP contribution in [0.1, 0.15) is 19.4 Å². The van der Waals surface area contributed by atoms with Crippen molar-refractivity contribution in [3.05, 3.63) is 35.9 Å². The Morgan fingerprint density at radius 1 is 1.32 bits per heavy atom. The molecule has 4 nitrogen and oxygen atoms in total. The van der Waals surface area contributed by atoms with Crippen LogP contribution < -0.4 is 5.73 Å². The first-order chi connectivity index (χ1) is 10.5. The van der Waals surface area contributed by atoms with Gasteiger partial charge in [0.1, 0.15) is 4.87 Å². The van der Waals surface area contributed by atoms with E-state index in [9.17, 15) is 4.79 Å². The van der Waals surface area contributed by atoms with Crippen molar-refractivity contribution in [2.24, 2.45) is 11.7 Å². The molecule has 2 saturated heterocycles. The smallest absolute Gasteiger partial charge is 0.239 e. The van der Waals surface area contributed by atoms with Gasteiger partial charge in [-0.05, 0) is 11.5 Å². The topological polar surface area (TPSA) is 49.6 Å². The van der Waals surface area contributed by atoms with Crippen LogP contribution in [0.25, 0.3) is 0 Å². The van der Waals surface area contributed by atoms with Gasteiger partial charge in [0.25, 0.3) is 0 Å². The minimum absolute atomic E-state index is 0.104. The Morgan fingerprint density at radius 2 is 2.00 bits per heavy atom. The average Bonchev–Trinajstić information content (AvgIpc) is 2.88. The van der Waals surface area contributed by atoms with Crippen LogP contribution in [0.5, 0.6) is 0 Å². The summed E-state index contributed by atoms with van der Waals surface area (Å²) in [6, 6.07) is 10.2. The summed E-state index contributed by atoms with van der Waals surface area (Å²) in [4.78, 5) is 16.9. The van der Waals surface area contributed by atoms with Gasteiger partial charge in [-0.2, -0.15) is 0 Å². The molecule has 2 heterocycles. The normalized spacial score (nSPS) is 22.1. The number of hydrogen-bond acceptors (Lipinski definition) is 4. The molecule has 1 aromatic carbocycles. The predicted molar refractivity (Wildman–Crippen MR) is 91.4 cm³/mol. The van der Waals surface area contributed by atoms with Crippen molar-refractivity contribution < 1.29 is 4.79 Å². The maximum Gasteiger partial charge on any atom is 0.239 e. The van der Waals surface area contributed by atoms with Gasteiger partial charge >= 0.3 is 0 Å². The SMILES string of the molecule is CC(C)[C@H](N)C(=O)N1CC2(C1)SCCN2Cc1ccccc1. The van der Waals surface area contributed by atoms with E-state index in [1.807, 2.05) is 30.5 Å². The Balaban J connectivity index is 1.62. The van der Waals surface area contributed by atoms with Crippen LogP contribution in [0.3, 0.4) is 0 Å². The van der Waals surface area contributed by atoms with Gasteiger partial charge in [0.2, 0.25) is 5.91 Å². The molecule has 2 fully saturated rings. The predicted octanol–water partition coefficient (Wildman–Crippen LogP) is 1.76. The number of thioether (sulfide) groups is 1. The summed E-state index contributed by atoms with van der Waals surface area (Å²) in [7, 11) is 0. The molecule has 1 atom stereocenters. The second-order valence-electron chi connectivity index (χ2n) is 6.67. The number of hydrogen-bond donors (Lipinski definition) is 1. The zero-order valence-corrected chi connectivity index (χ0v) is 14.2. The summed E-state index contributed by atoms with van der Waals surface area (Å²) >= 11 is 1.99. The van der Waals surface area contributed by atoms with Crippen molar-refractivity contribution >= 4 is 17.7 Å². The zero-order valence-electron chi connectivity index (χ0n) is 13.4. The van der Waals surface area contributed by atoms with E-state index in [2.05, 4.69) is 35.2 Å².